The lowest BCUT2D eigenvalue weighted by Crippen LogP contribution is -2.31. The van der Waals surface area contributed by atoms with Gasteiger partial charge in [0.05, 0.1) is 31.3 Å². The number of furan rings is 1. The molecular formula is C25H23ClN2O6. The fourth-order valence-corrected chi connectivity index (χ4v) is 3.73. The van der Waals surface area contributed by atoms with Crippen LogP contribution in [0.25, 0.3) is 0 Å². The van der Waals surface area contributed by atoms with Gasteiger partial charge in [0.25, 0.3) is 5.91 Å². The second-order valence-corrected chi connectivity index (χ2v) is 7.84. The van der Waals surface area contributed by atoms with Crippen LogP contribution in [0, 0.1) is 0 Å². The van der Waals surface area contributed by atoms with Crippen LogP contribution in [-0.2, 0) is 9.53 Å². The summed E-state index contributed by atoms with van der Waals surface area (Å²) >= 11 is 5.99. The minimum absolute atomic E-state index is 0.238. The van der Waals surface area contributed by atoms with Gasteiger partial charge in [0.15, 0.2) is 18.1 Å². The molecule has 0 saturated heterocycles. The summed E-state index contributed by atoms with van der Waals surface area (Å²) in [6.45, 7) is 1.82. The van der Waals surface area contributed by atoms with Crippen LogP contribution in [0.2, 0.25) is 5.02 Å². The summed E-state index contributed by atoms with van der Waals surface area (Å²) in [5.74, 6) is 0.364. The average molecular weight is 483 g/mol. The molecule has 0 spiro atoms. The zero-order valence-electron chi connectivity index (χ0n) is 18.7. The Hall–Kier alpha value is -3.78. The van der Waals surface area contributed by atoms with Crippen molar-refractivity contribution in [1.29, 1.82) is 0 Å². The van der Waals surface area contributed by atoms with Crippen LogP contribution in [0.5, 0.6) is 11.5 Å². The van der Waals surface area contributed by atoms with E-state index in [1.807, 2.05) is 19.1 Å². The van der Waals surface area contributed by atoms with Crippen LogP contribution in [0.4, 0.5) is 0 Å². The summed E-state index contributed by atoms with van der Waals surface area (Å²) in [5.41, 5.74) is 1.78. The normalized spacial score (nSPS) is 15.1. The monoisotopic (exact) mass is 482 g/mol. The Bertz CT molecular complexity index is 1190. The number of hydrazone groups is 1. The number of carbonyl (C=O) groups excluding carboxylic acids is 2. The van der Waals surface area contributed by atoms with Crippen molar-refractivity contribution in [3.63, 3.8) is 0 Å². The van der Waals surface area contributed by atoms with Gasteiger partial charge in [0, 0.05) is 11.4 Å². The Labute approximate surface area is 201 Å². The van der Waals surface area contributed by atoms with Gasteiger partial charge in [0.2, 0.25) is 0 Å². The van der Waals surface area contributed by atoms with E-state index >= 15 is 0 Å². The first-order valence-corrected chi connectivity index (χ1v) is 11.0. The second kappa shape index (κ2) is 10.4. The lowest BCUT2D eigenvalue weighted by molar-refractivity contribution is -0.136. The lowest BCUT2D eigenvalue weighted by Gasteiger charge is -2.19. The van der Waals surface area contributed by atoms with Gasteiger partial charge in [-0.15, -0.1) is 0 Å². The fraction of sp³-hybridized carbons (Fsp3) is 0.240. The van der Waals surface area contributed by atoms with Crippen molar-refractivity contribution in [3.8, 4) is 11.5 Å². The van der Waals surface area contributed by atoms with Crippen LogP contribution < -0.4 is 9.47 Å². The zero-order chi connectivity index (χ0) is 24.1. The average Bonchev–Trinajstić information content (AvgIpc) is 3.53. The number of halogens is 1. The van der Waals surface area contributed by atoms with Crippen LogP contribution in [-0.4, -0.2) is 42.9 Å². The van der Waals surface area contributed by atoms with E-state index in [4.69, 9.17) is 30.2 Å². The molecule has 2 heterocycles. The van der Waals surface area contributed by atoms with Gasteiger partial charge in [-0.05, 0) is 55.0 Å². The molecule has 0 aliphatic carbocycles. The molecule has 2 aromatic carbocycles. The Morgan fingerprint density at radius 2 is 1.94 bits per heavy atom. The Kier molecular flexibility index (Phi) is 7.18. The van der Waals surface area contributed by atoms with E-state index in [0.29, 0.717) is 41.0 Å². The van der Waals surface area contributed by atoms with Crippen LogP contribution in [0.1, 0.15) is 41.1 Å². The number of ether oxygens (including phenoxy) is 3. The summed E-state index contributed by atoms with van der Waals surface area (Å²) in [6, 6.07) is 15.0. The molecule has 3 aromatic rings. The smallest absolute Gasteiger partial charge is 0.338 e. The summed E-state index contributed by atoms with van der Waals surface area (Å²) in [5, 5.41) is 6.41. The number of hydrogen-bond acceptors (Lipinski definition) is 7. The molecule has 4 rings (SSSR count). The minimum atomic E-state index is -0.662. The maximum absolute atomic E-state index is 13.0. The first-order valence-electron chi connectivity index (χ1n) is 10.7. The van der Waals surface area contributed by atoms with Crippen molar-refractivity contribution in [1.82, 2.24) is 5.01 Å². The highest BCUT2D eigenvalue weighted by atomic mass is 35.5. The van der Waals surface area contributed by atoms with Gasteiger partial charge >= 0.3 is 5.97 Å². The first kappa shape index (κ1) is 23.4. The van der Waals surface area contributed by atoms with Gasteiger partial charge in [-0.25, -0.2) is 9.80 Å². The van der Waals surface area contributed by atoms with Crippen molar-refractivity contribution in [2.45, 2.75) is 19.4 Å². The van der Waals surface area contributed by atoms with E-state index < -0.39 is 24.5 Å². The van der Waals surface area contributed by atoms with E-state index in [1.165, 1.54) is 24.4 Å². The third-order valence-electron chi connectivity index (χ3n) is 5.24. The molecule has 0 bridgehead atoms. The Morgan fingerprint density at radius 3 is 2.62 bits per heavy atom. The molecule has 8 nitrogen and oxygen atoms in total. The summed E-state index contributed by atoms with van der Waals surface area (Å²) in [6.07, 6.45) is 1.99. The molecule has 1 aliphatic heterocycles. The van der Waals surface area contributed by atoms with Crippen molar-refractivity contribution in [2.24, 2.45) is 5.10 Å². The highest BCUT2D eigenvalue weighted by Crippen LogP contribution is 2.33. The van der Waals surface area contributed by atoms with Crippen molar-refractivity contribution >= 4 is 29.2 Å². The summed E-state index contributed by atoms with van der Waals surface area (Å²) < 4.78 is 21.5. The highest BCUT2D eigenvalue weighted by Gasteiger charge is 2.35. The number of carbonyl (C=O) groups is 2. The molecule has 0 radical (unpaired) electrons. The van der Waals surface area contributed by atoms with Gasteiger partial charge in [-0.3, -0.25) is 4.79 Å². The third kappa shape index (κ3) is 5.07. The molecule has 1 aliphatic rings. The Morgan fingerprint density at radius 1 is 1.15 bits per heavy atom. The molecule has 9 heteroatoms. The summed E-state index contributed by atoms with van der Waals surface area (Å²) in [7, 11) is 1.48. The second-order valence-electron chi connectivity index (χ2n) is 7.40. The fourth-order valence-electron chi connectivity index (χ4n) is 3.61. The quantitative estimate of drug-likeness (QED) is 0.425. The molecule has 0 saturated carbocycles. The third-order valence-corrected chi connectivity index (χ3v) is 5.49. The maximum Gasteiger partial charge on any atom is 0.338 e. The number of benzene rings is 2. The van der Waals surface area contributed by atoms with Crippen LogP contribution in [0.15, 0.2) is 70.4 Å². The van der Waals surface area contributed by atoms with Gasteiger partial charge in [0.1, 0.15) is 11.8 Å². The van der Waals surface area contributed by atoms with E-state index in [-0.39, 0.29) is 5.56 Å². The lowest BCUT2D eigenvalue weighted by atomic mass is 10.0. The maximum atomic E-state index is 13.0. The molecule has 176 valence electrons. The number of rotatable bonds is 8. The van der Waals surface area contributed by atoms with Crippen LogP contribution in [0.3, 0.4) is 0 Å². The number of methoxy groups -OCH3 is 1. The van der Waals surface area contributed by atoms with Crippen molar-refractivity contribution < 1.29 is 28.2 Å². The number of hydrogen-bond donors (Lipinski definition) is 0. The molecular weight excluding hydrogens is 460 g/mol. The molecule has 0 N–H and O–H groups in total. The van der Waals surface area contributed by atoms with Crippen molar-refractivity contribution in [3.05, 3.63) is 82.8 Å². The largest absolute Gasteiger partial charge is 0.493 e. The van der Waals surface area contributed by atoms with Gasteiger partial charge < -0.3 is 18.6 Å². The van der Waals surface area contributed by atoms with Gasteiger partial charge in [-0.1, -0.05) is 23.7 Å². The molecule has 34 heavy (non-hydrogen) atoms. The highest BCUT2D eigenvalue weighted by molar-refractivity contribution is 6.30. The van der Waals surface area contributed by atoms with Gasteiger partial charge in [-0.2, -0.15) is 5.10 Å². The van der Waals surface area contributed by atoms with E-state index in [9.17, 15) is 9.59 Å². The summed E-state index contributed by atoms with van der Waals surface area (Å²) in [4.78, 5) is 25.6. The van der Waals surface area contributed by atoms with Crippen LogP contribution >= 0.6 is 11.6 Å². The number of amides is 1. The molecule has 1 aromatic heterocycles. The topological polar surface area (TPSA) is 90.6 Å². The molecule has 1 unspecified atom stereocenters. The minimum Gasteiger partial charge on any atom is -0.493 e. The predicted molar refractivity (Wildman–Crippen MR) is 125 cm³/mol. The number of esters is 1. The van der Waals surface area contributed by atoms with E-state index in [0.717, 1.165) is 5.56 Å². The number of nitrogens with zero attached hydrogens (tertiary/aromatic N) is 2. The first-order chi connectivity index (χ1) is 16.5. The Balaban J connectivity index is 1.48. The molecule has 1 amide bonds. The predicted octanol–water partition coefficient (Wildman–Crippen LogP) is 4.88. The van der Waals surface area contributed by atoms with Crippen molar-refractivity contribution in [2.75, 3.05) is 20.3 Å². The molecule has 1 atom stereocenters. The van der Waals surface area contributed by atoms with E-state index in [1.54, 1.807) is 36.4 Å². The SMILES string of the molecule is CCOc1ccc(C(=O)OCC(=O)N2N=C(c3ccc(Cl)cc3)CC2c2ccco2)cc1OC. The zero-order valence-corrected chi connectivity index (χ0v) is 19.4. The standard InChI is InChI=1S/C25H23ClN2O6/c1-3-32-22-11-8-17(13-23(22)31-2)25(30)34-15-24(29)28-20(21-5-4-12-33-21)14-19(27-28)16-6-9-18(26)10-7-16/h4-13,20H,3,14-15H2,1-2H3. The van der Waals surface area contributed by atoms with E-state index in [2.05, 4.69) is 5.10 Å². The molecule has 0 fully saturated rings.